The number of nitrogens with one attached hydrogen (secondary N) is 1. The first-order chi connectivity index (χ1) is 10.0. The molecule has 1 aliphatic rings. The van der Waals surface area contributed by atoms with Crippen LogP contribution in [0, 0.1) is 23.1 Å². The number of hydrogen-bond donors (Lipinski definition) is 2. The zero-order chi connectivity index (χ0) is 15.4. The van der Waals surface area contributed by atoms with Crippen molar-refractivity contribution in [2.45, 2.75) is 31.7 Å². The van der Waals surface area contributed by atoms with Gasteiger partial charge in [0.1, 0.15) is 11.9 Å². The fourth-order valence-electron chi connectivity index (χ4n) is 2.54. The van der Waals surface area contributed by atoms with Crippen molar-refractivity contribution in [1.82, 2.24) is 5.32 Å². The summed E-state index contributed by atoms with van der Waals surface area (Å²) in [6.45, 7) is 0. The van der Waals surface area contributed by atoms with Gasteiger partial charge < -0.3 is 11.1 Å². The third kappa shape index (κ3) is 3.57. The van der Waals surface area contributed by atoms with Crippen LogP contribution in [-0.4, -0.2) is 17.9 Å². The second kappa shape index (κ2) is 6.35. The van der Waals surface area contributed by atoms with Gasteiger partial charge >= 0.3 is 0 Å². The molecule has 0 spiro atoms. The average Bonchev–Trinajstić information content (AvgIpc) is 2.48. The summed E-state index contributed by atoms with van der Waals surface area (Å²) in [4.78, 5) is 23.1. The topological polar surface area (TPSA) is 96.0 Å². The Labute approximate surface area is 121 Å². The van der Waals surface area contributed by atoms with E-state index in [1.54, 1.807) is 6.07 Å². The van der Waals surface area contributed by atoms with Crippen LogP contribution in [0.15, 0.2) is 18.2 Å². The maximum absolute atomic E-state index is 13.2. The van der Waals surface area contributed by atoms with Crippen LogP contribution in [0.25, 0.3) is 0 Å². The largest absolute Gasteiger partial charge is 0.369 e. The molecule has 3 N–H and O–H groups in total. The predicted molar refractivity (Wildman–Crippen MR) is 73.5 cm³/mol. The molecule has 0 unspecified atom stereocenters. The third-order valence-electron chi connectivity index (χ3n) is 3.81. The molecule has 0 radical (unpaired) electrons. The molecule has 6 heteroatoms. The summed E-state index contributed by atoms with van der Waals surface area (Å²) in [7, 11) is 0. The minimum absolute atomic E-state index is 0.0244. The van der Waals surface area contributed by atoms with Crippen LogP contribution in [-0.2, 0) is 4.79 Å². The average molecular weight is 289 g/mol. The molecule has 1 saturated carbocycles. The SMILES string of the molecule is N#Cc1cc(C(=O)NC2CCC(C(N)=O)CC2)ccc1F. The molecule has 1 aromatic rings. The number of carbonyl (C=O) groups excluding carboxylic acids is 2. The van der Waals surface area contributed by atoms with Crippen molar-refractivity contribution in [2.24, 2.45) is 11.7 Å². The number of amides is 2. The number of carbonyl (C=O) groups is 2. The third-order valence-corrected chi connectivity index (χ3v) is 3.81. The van der Waals surface area contributed by atoms with Crippen molar-refractivity contribution in [3.63, 3.8) is 0 Å². The van der Waals surface area contributed by atoms with Gasteiger partial charge in [-0.1, -0.05) is 0 Å². The monoisotopic (exact) mass is 289 g/mol. The lowest BCUT2D eigenvalue weighted by Gasteiger charge is -2.27. The van der Waals surface area contributed by atoms with Crippen molar-refractivity contribution < 1.29 is 14.0 Å². The Morgan fingerprint density at radius 3 is 2.52 bits per heavy atom. The van der Waals surface area contributed by atoms with Gasteiger partial charge in [-0.15, -0.1) is 0 Å². The molecular formula is C15H16FN3O2. The molecule has 5 nitrogen and oxygen atoms in total. The van der Waals surface area contributed by atoms with Crippen LogP contribution in [0.4, 0.5) is 4.39 Å². The summed E-state index contributed by atoms with van der Waals surface area (Å²) < 4.78 is 13.2. The van der Waals surface area contributed by atoms with E-state index in [1.807, 2.05) is 0 Å². The molecule has 2 amide bonds. The summed E-state index contributed by atoms with van der Waals surface area (Å²) in [6, 6.07) is 5.37. The van der Waals surface area contributed by atoms with Crippen LogP contribution in [0.3, 0.4) is 0 Å². The summed E-state index contributed by atoms with van der Waals surface area (Å²) in [5.74, 6) is -1.39. The van der Waals surface area contributed by atoms with Crippen LogP contribution in [0.2, 0.25) is 0 Å². The molecule has 0 atom stereocenters. The summed E-state index contributed by atoms with van der Waals surface area (Å²) in [6.07, 6.45) is 2.69. The predicted octanol–water partition coefficient (Wildman–Crippen LogP) is 1.47. The zero-order valence-electron chi connectivity index (χ0n) is 11.4. The molecule has 110 valence electrons. The van der Waals surface area contributed by atoms with Gasteiger partial charge in [0, 0.05) is 17.5 Å². The molecule has 0 bridgehead atoms. The van der Waals surface area contributed by atoms with Gasteiger partial charge in [-0.05, 0) is 43.9 Å². The molecule has 1 aliphatic carbocycles. The van der Waals surface area contributed by atoms with E-state index >= 15 is 0 Å². The lowest BCUT2D eigenvalue weighted by atomic mass is 9.85. The smallest absolute Gasteiger partial charge is 0.251 e. The highest BCUT2D eigenvalue weighted by molar-refractivity contribution is 5.94. The normalized spacial score (nSPS) is 21.3. The lowest BCUT2D eigenvalue weighted by Crippen LogP contribution is -2.39. The minimum atomic E-state index is -0.643. The fraction of sp³-hybridized carbons (Fsp3) is 0.400. The van der Waals surface area contributed by atoms with Crippen LogP contribution in [0.1, 0.15) is 41.6 Å². The Hall–Kier alpha value is -2.42. The number of nitrogens with two attached hydrogens (primary N) is 1. The number of halogens is 1. The Balaban J connectivity index is 1.97. The highest BCUT2D eigenvalue weighted by Crippen LogP contribution is 2.24. The minimum Gasteiger partial charge on any atom is -0.369 e. The number of rotatable bonds is 3. The Kier molecular flexibility index (Phi) is 4.53. The standard InChI is InChI=1S/C15H16FN3O2/c16-13-6-3-10(7-11(13)8-17)15(21)19-12-4-1-9(2-5-12)14(18)20/h3,6-7,9,12H,1-2,4-5H2,(H2,18,20)(H,19,21). The Morgan fingerprint density at radius 1 is 1.29 bits per heavy atom. The van der Waals surface area contributed by atoms with E-state index in [2.05, 4.69) is 5.32 Å². The van der Waals surface area contributed by atoms with Gasteiger partial charge in [0.15, 0.2) is 0 Å². The first-order valence-corrected chi connectivity index (χ1v) is 6.81. The number of primary amides is 1. The van der Waals surface area contributed by atoms with Crippen molar-refractivity contribution >= 4 is 11.8 Å². The number of hydrogen-bond acceptors (Lipinski definition) is 3. The lowest BCUT2D eigenvalue weighted by molar-refractivity contribution is -0.122. The Morgan fingerprint density at radius 2 is 1.95 bits per heavy atom. The summed E-state index contributed by atoms with van der Waals surface area (Å²) in [5, 5.41) is 11.6. The molecule has 2 rings (SSSR count). The number of nitriles is 1. The van der Waals surface area contributed by atoms with Crippen molar-refractivity contribution in [3.05, 3.63) is 35.1 Å². The number of benzene rings is 1. The molecule has 21 heavy (non-hydrogen) atoms. The molecule has 1 fully saturated rings. The highest BCUT2D eigenvalue weighted by Gasteiger charge is 2.25. The quantitative estimate of drug-likeness (QED) is 0.882. The molecule has 0 saturated heterocycles. The van der Waals surface area contributed by atoms with E-state index < -0.39 is 5.82 Å². The van der Waals surface area contributed by atoms with Crippen LogP contribution < -0.4 is 11.1 Å². The van der Waals surface area contributed by atoms with E-state index in [1.165, 1.54) is 12.1 Å². The maximum atomic E-state index is 13.2. The van der Waals surface area contributed by atoms with Gasteiger partial charge in [-0.3, -0.25) is 9.59 Å². The van der Waals surface area contributed by atoms with Crippen molar-refractivity contribution in [2.75, 3.05) is 0 Å². The fourth-order valence-corrected chi connectivity index (χ4v) is 2.54. The van der Waals surface area contributed by atoms with E-state index in [0.29, 0.717) is 25.7 Å². The molecule has 0 heterocycles. The van der Waals surface area contributed by atoms with E-state index in [-0.39, 0.29) is 34.9 Å². The van der Waals surface area contributed by atoms with Gasteiger partial charge in [-0.25, -0.2) is 4.39 Å². The first kappa shape index (κ1) is 15.0. The van der Waals surface area contributed by atoms with Crippen LogP contribution >= 0.6 is 0 Å². The first-order valence-electron chi connectivity index (χ1n) is 6.81. The van der Waals surface area contributed by atoms with Crippen molar-refractivity contribution in [1.29, 1.82) is 5.26 Å². The summed E-state index contributed by atoms with van der Waals surface area (Å²) in [5.41, 5.74) is 5.36. The van der Waals surface area contributed by atoms with Gasteiger partial charge in [-0.2, -0.15) is 5.26 Å². The number of nitrogens with zero attached hydrogens (tertiary/aromatic N) is 1. The second-order valence-corrected chi connectivity index (χ2v) is 5.23. The Bertz CT molecular complexity index is 601. The van der Waals surface area contributed by atoms with Crippen LogP contribution in [0.5, 0.6) is 0 Å². The van der Waals surface area contributed by atoms with Gasteiger partial charge in [0.05, 0.1) is 5.56 Å². The van der Waals surface area contributed by atoms with Gasteiger partial charge in [0.25, 0.3) is 5.91 Å². The van der Waals surface area contributed by atoms with Gasteiger partial charge in [0.2, 0.25) is 5.91 Å². The molecule has 1 aromatic carbocycles. The highest BCUT2D eigenvalue weighted by atomic mass is 19.1. The zero-order valence-corrected chi connectivity index (χ0v) is 11.4. The van der Waals surface area contributed by atoms with E-state index in [0.717, 1.165) is 6.07 Å². The second-order valence-electron chi connectivity index (χ2n) is 5.23. The van der Waals surface area contributed by atoms with Crippen molar-refractivity contribution in [3.8, 4) is 6.07 Å². The molecule has 0 aliphatic heterocycles. The van der Waals surface area contributed by atoms with E-state index in [4.69, 9.17) is 11.0 Å². The molecular weight excluding hydrogens is 273 g/mol. The van der Waals surface area contributed by atoms with E-state index in [9.17, 15) is 14.0 Å². The molecule has 0 aromatic heterocycles. The summed E-state index contributed by atoms with van der Waals surface area (Å²) >= 11 is 0. The maximum Gasteiger partial charge on any atom is 0.251 e.